The van der Waals surface area contributed by atoms with E-state index in [-0.39, 0.29) is 24.6 Å². The number of rotatable bonds is 7. The summed E-state index contributed by atoms with van der Waals surface area (Å²) in [7, 11) is 0. The number of hydrogen-bond donors (Lipinski definition) is 2. The van der Waals surface area contributed by atoms with Gasteiger partial charge in [-0.15, -0.1) is 0 Å². The second-order valence-electron chi connectivity index (χ2n) is 8.51. The van der Waals surface area contributed by atoms with Crippen LogP contribution in [0.4, 0.5) is 11.5 Å². The monoisotopic (exact) mass is 497 g/mol. The fourth-order valence-corrected chi connectivity index (χ4v) is 4.56. The van der Waals surface area contributed by atoms with Crippen molar-refractivity contribution < 1.29 is 0 Å². The zero-order valence-electron chi connectivity index (χ0n) is 19.4. The molecule has 3 N–H and O–H groups in total. The largest absolute Gasteiger partial charge is 0.383 e. The van der Waals surface area contributed by atoms with Crippen molar-refractivity contribution in [2.24, 2.45) is 0 Å². The van der Waals surface area contributed by atoms with E-state index in [0.717, 1.165) is 27.6 Å². The summed E-state index contributed by atoms with van der Waals surface area (Å²) < 4.78 is 1.38. The normalized spacial score (nSPS) is 11.0. The van der Waals surface area contributed by atoms with Gasteiger partial charge in [0.1, 0.15) is 11.5 Å². The molecule has 3 aromatic carbocycles. The number of nitrogens with one attached hydrogen (secondary N) is 1. The minimum atomic E-state index is -0.561. The van der Waals surface area contributed by atoms with Crippen LogP contribution < -0.4 is 21.9 Å². The smallest absolute Gasteiger partial charge is 0.330 e. The first kappa shape index (κ1) is 23.4. The first-order chi connectivity index (χ1) is 17.5. The average Bonchev–Trinajstić information content (AvgIpc) is 2.89. The number of aromatic nitrogens is 3. The molecule has 36 heavy (non-hydrogen) atoms. The molecular formula is C28H24ClN5O2. The van der Waals surface area contributed by atoms with Crippen LogP contribution in [0.3, 0.4) is 0 Å². The lowest BCUT2D eigenvalue weighted by molar-refractivity contribution is 0.713. The van der Waals surface area contributed by atoms with E-state index in [1.165, 1.54) is 4.57 Å². The van der Waals surface area contributed by atoms with Crippen molar-refractivity contribution in [2.45, 2.75) is 19.6 Å². The van der Waals surface area contributed by atoms with Crippen LogP contribution in [-0.4, -0.2) is 14.5 Å². The van der Waals surface area contributed by atoms with Gasteiger partial charge < -0.3 is 10.6 Å². The fourth-order valence-electron chi connectivity index (χ4n) is 4.35. The van der Waals surface area contributed by atoms with Gasteiger partial charge in [0.2, 0.25) is 0 Å². The number of fused-ring (bicyclic) bond motifs is 1. The summed E-state index contributed by atoms with van der Waals surface area (Å²) in [5, 5.41) is 1.47. The summed E-state index contributed by atoms with van der Waals surface area (Å²) in [5.74, 6) is 0.0906. The highest BCUT2D eigenvalue weighted by Crippen LogP contribution is 2.29. The average molecular weight is 498 g/mol. The molecule has 2 aromatic heterocycles. The molecule has 5 rings (SSSR count). The third kappa shape index (κ3) is 4.74. The molecule has 0 saturated heterocycles. The van der Waals surface area contributed by atoms with Crippen LogP contribution in [0, 0.1) is 0 Å². The number of nitrogens with zero attached hydrogens (tertiary/aromatic N) is 3. The summed E-state index contributed by atoms with van der Waals surface area (Å²) >= 11 is 6.64. The number of anilines is 2. The topological polar surface area (TPSA) is 97.0 Å². The zero-order valence-corrected chi connectivity index (χ0v) is 20.2. The zero-order chi connectivity index (χ0) is 25.1. The Kier molecular flexibility index (Phi) is 6.56. The number of pyridine rings is 1. The van der Waals surface area contributed by atoms with Gasteiger partial charge in [0.05, 0.1) is 12.1 Å². The van der Waals surface area contributed by atoms with Crippen LogP contribution in [-0.2, 0) is 19.6 Å². The van der Waals surface area contributed by atoms with E-state index in [2.05, 4.69) is 9.97 Å². The van der Waals surface area contributed by atoms with Crippen molar-refractivity contribution in [2.75, 3.05) is 10.6 Å². The van der Waals surface area contributed by atoms with E-state index >= 15 is 0 Å². The van der Waals surface area contributed by atoms with Crippen LogP contribution in [0.25, 0.3) is 10.9 Å². The van der Waals surface area contributed by atoms with Crippen LogP contribution in [0.15, 0.2) is 101 Å². The summed E-state index contributed by atoms with van der Waals surface area (Å²) in [6, 6.07) is 26.8. The number of H-pyrrole nitrogens is 1. The molecular weight excluding hydrogens is 474 g/mol. The molecule has 5 aromatic rings. The summed E-state index contributed by atoms with van der Waals surface area (Å²) in [4.78, 5) is 34.8. The minimum Gasteiger partial charge on any atom is -0.383 e. The Morgan fingerprint density at radius 1 is 0.861 bits per heavy atom. The maximum absolute atomic E-state index is 13.2. The minimum absolute atomic E-state index is 0.0906. The molecule has 7 nitrogen and oxygen atoms in total. The molecule has 0 saturated carbocycles. The van der Waals surface area contributed by atoms with Gasteiger partial charge in [0.25, 0.3) is 5.56 Å². The van der Waals surface area contributed by atoms with Crippen LogP contribution in [0.2, 0.25) is 5.02 Å². The van der Waals surface area contributed by atoms with Crippen molar-refractivity contribution >= 4 is 34.0 Å². The number of benzene rings is 3. The summed E-state index contributed by atoms with van der Waals surface area (Å²) in [6.07, 6.45) is 1.71. The Labute approximate surface area is 212 Å². The predicted molar refractivity (Wildman–Crippen MR) is 144 cm³/mol. The third-order valence-electron chi connectivity index (χ3n) is 6.10. The Morgan fingerprint density at radius 3 is 2.28 bits per heavy atom. The van der Waals surface area contributed by atoms with Gasteiger partial charge in [-0.25, -0.2) is 4.79 Å². The lowest BCUT2D eigenvalue weighted by Crippen LogP contribution is -2.38. The van der Waals surface area contributed by atoms with E-state index in [1.807, 2.05) is 89.8 Å². The van der Waals surface area contributed by atoms with E-state index in [4.69, 9.17) is 17.3 Å². The van der Waals surface area contributed by atoms with Crippen molar-refractivity contribution in [3.63, 3.8) is 0 Å². The second kappa shape index (κ2) is 10.1. The maximum atomic E-state index is 13.2. The Morgan fingerprint density at radius 2 is 1.56 bits per heavy atom. The Hall–Kier alpha value is -4.36. The molecule has 0 aliphatic rings. The number of halogens is 1. The molecule has 0 amide bonds. The molecule has 2 heterocycles. The molecule has 0 radical (unpaired) electrons. The quantitative estimate of drug-likeness (QED) is 0.343. The summed E-state index contributed by atoms with van der Waals surface area (Å²) in [6.45, 7) is 0.862. The first-order valence-corrected chi connectivity index (χ1v) is 11.9. The van der Waals surface area contributed by atoms with Gasteiger partial charge in [-0.3, -0.25) is 19.3 Å². The van der Waals surface area contributed by atoms with Crippen molar-refractivity contribution in [1.29, 1.82) is 0 Å². The predicted octanol–water partition coefficient (Wildman–Crippen LogP) is 4.58. The lowest BCUT2D eigenvalue weighted by Gasteiger charge is -2.27. The SMILES string of the molecule is Nc1c(N(Cc2ccccc2)Cc2c(Cl)ccc3cccnc23)c(=O)[nH]c(=O)n1Cc1ccccc1. The van der Waals surface area contributed by atoms with E-state index < -0.39 is 11.2 Å². The van der Waals surface area contributed by atoms with Crippen LogP contribution >= 0.6 is 11.6 Å². The molecule has 0 fully saturated rings. The molecule has 8 heteroatoms. The second-order valence-corrected chi connectivity index (χ2v) is 8.91. The standard InChI is InChI=1S/C28H24ClN5O2/c29-23-14-13-21-12-7-15-31-24(21)22(23)18-33(16-19-8-3-1-4-9-19)25-26(30)34(28(36)32-27(25)35)17-20-10-5-2-6-11-20/h1-15H,16-18,30H2,(H,32,35,36). The highest BCUT2D eigenvalue weighted by atomic mass is 35.5. The van der Waals surface area contributed by atoms with Gasteiger partial charge in [-0.1, -0.05) is 84.4 Å². The molecule has 0 unspecified atom stereocenters. The number of nitrogen functional groups attached to an aromatic ring is 1. The first-order valence-electron chi connectivity index (χ1n) is 11.5. The molecule has 0 atom stereocenters. The highest BCUT2D eigenvalue weighted by Gasteiger charge is 2.22. The van der Waals surface area contributed by atoms with Crippen LogP contribution in [0.1, 0.15) is 16.7 Å². The number of nitrogens with two attached hydrogens (primary N) is 1. The molecule has 0 bridgehead atoms. The van der Waals surface area contributed by atoms with E-state index in [1.54, 1.807) is 6.20 Å². The van der Waals surface area contributed by atoms with Crippen molar-refractivity contribution in [3.8, 4) is 0 Å². The molecule has 0 spiro atoms. The van der Waals surface area contributed by atoms with Gasteiger partial charge in [-0.05, 0) is 23.3 Å². The van der Waals surface area contributed by atoms with Crippen LogP contribution in [0.5, 0.6) is 0 Å². The van der Waals surface area contributed by atoms with Gasteiger partial charge >= 0.3 is 5.69 Å². The van der Waals surface area contributed by atoms with Gasteiger partial charge in [0.15, 0.2) is 0 Å². The maximum Gasteiger partial charge on any atom is 0.330 e. The van der Waals surface area contributed by atoms with Crippen molar-refractivity contribution in [1.82, 2.24) is 14.5 Å². The third-order valence-corrected chi connectivity index (χ3v) is 6.46. The van der Waals surface area contributed by atoms with Gasteiger partial charge in [0, 0.05) is 35.3 Å². The fraction of sp³-hybridized carbons (Fsp3) is 0.107. The summed E-state index contributed by atoms with van der Waals surface area (Å²) in [5.41, 5.74) is 9.01. The van der Waals surface area contributed by atoms with E-state index in [9.17, 15) is 9.59 Å². The number of hydrogen-bond acceptors (Lipinski definition) is 5. The number of aromatic amines is 1. The molecule has 0 aliphatic heterocycles. The molecule has 0 aliphatic carbocycles. The lowest BCUT2D eigenvalue weighted by atomic mass is 10.1. The Bertz CT molecular complexity index is 1630. The highest BCUT2D eigenvalue weighted by molar-refractivity contribution is 6.32. The van der Waals surface area contributed by atoms with Gasteiger partial charge in [-0.2, -0.15) is 0 Å². The van der Waals surface area contributed by atoms with Crippen molar-refractivity contribution in [3.05, 3.63) is 134 Å². The van der Waals surface area contributed by atoms with E-state index in [0.29, 0.717) is 11.6 Å². The molecule has 180 valence electrons. The Balaban J connectivity index is 1.65.